The van der Waals surface area contributed by atoms with Gasteiger partial charge in [0.15, 0.2) is 11.6 Å². The molecule has 112 valence electrons. The van der Waals surface area contributed by atoms with Gasteiger partial charge in [0.05, 0.1) is 13.0 Å². The largest absolute Gasteiger partial charge is 0.491 e. The molecule has 0 fully saturated rings. The Balaban J connectivity index is 1.95. The molecule has 0 aliphatic rings. The molecule has 0 unspecified atom stereocenters. The fourth-order valence-electron chi connectivity index (χ4n) is 1.83. The van der Waals surface area contributed by atoms with Gasteiger partial charge in [-0.3, -0.25) is 4.79 Å². The molecule has 1 aromatic carbocycles. The maximum atomic E-state index is 13.7. The molecule has 2 aromatic rings. The van der Waals surface area contributed by atoms with E-state index in [9.17, 15) is 9.18 Å². The second kappa shape index (κ2) is 7.08. The number of thiophene rings is 1. The minimum atomic E-state index is -0.843. The van der Waals surface area contributed by atoms with E-state index in [4.69, 9.17) is 9.84 Å². The number of ether oxygens (including phenoxy) is 1. The van der Waals surface area contributed by atoms with E-state index in [1.165, 1.54) is 17.4 Å². The lowest BCUT2D eigenvalue weighted by Gasteiger charge is -2.08. The minimum absolute atomic E-state index is 0.0301. The number of anilines is 1. The third-order valence-electron chi connectivity index (χ3n) is 2.74. The Morgan fingerprint density at radius 3 is 2.76 bits per heavy atom. The molecule has 0 bridgehead atoms. The van der Waals surface area contributed by atoms with E-state index < -0.39 is 11.8 Å². The lowest BCUT2D eigenvalue weighted by molar-refractivity contribution is -0.136. The highest BCUT2D eigenvalue weighted by Crippen LogP contribution is 2.23. The van der Waals surface area contributed by atoms with Crippen LogP contribution < -0.4 is 10.1 Å². The Morgan fingerprint density at radius 2 is 2.10 bits per heavy atom. The highest BCUT2D eigenvalue weighted by Gasteiger charge is 2.06. The molecule has 0 saturated heterocycles. The standard InChI is InChI=1S/C15H16FNO3S/c1-2-20-14-6-3-10(7-13(14)16)17-9-12-5-4-11(21-12)8-15(18)19/h3-7,17H,2,8-9H2,1H3,(H,18,19). The second-order valence-corrected chi connectivity index (χ2v) is 5.62. The summed E-state index contributed by atoms with van der Waals surface area (Å²) in [6.45, 7) is 2.75. The summed E-state index contributed by atoms with van der Waals surface area (Å²) in [7, 11) is 0. The quantitative estimate of drug-likeness (QED) is 0.821. The number of carboxylic acids is 1. The lowest BCUT2D eigenvalue weighted by Crippen LogP contribution is -2.00. The van der Waals surface area contributed by atoms with Crippen LogP contribution in [0.25, 0.3) is 0 Å². The van der Waals surface area contributed by atoms with Crippen molar-refractivity contribution in [3.05, 3.63) is 45.9 Å². The number of aliphatic carboxylic acids is 1. The van der Waals surface area contributed by atoms with Crippen LogP contribution in [-0.2, 0) is 17.8 Å². The van der Waals surface area contributed by atoms with E-state index in [0.717, 1.165) is 9.75 Å². The van der Waals surface area contributed by atoms with E-state index in [1.54, 1.807) is 25.1 Å². The number of halogens is 1. The van der Waals surface area contributed by atoms with Crippen LogP contribution in [0.5, 0.6) is 5.75 Å². The zero-order chi connectivity index (χ0) is 15.2. The highest BCUT2D eigenvalue weighted by atomic mass is 32.1. The van der Waals surface area contributed by atoms with Gasteiger partial charge in [-0.15, -0.1) is 11.3 Å². The number of hydrogen-bond donors (Lipinski definition) is 2. The average molecular weight is 309 g/mol. The fraction of sp³-hybridized carbons (Fsp3) is 0.267. The molecule has 6 heteroatoms. The Kier molecular flexibility index (Phi) is 5.16. The van der Waals surface area contributed by atoms with Crippen LogP contribution in [-0.4, -0.2) is 17.7 Å². The number of rotatable bonds is 7. The first kappa shape index (κ1) is 15.3. The van der Waals surface area contributed by atoms with Crippen LogP contribution in [0.1, 0.15) is 16.7 Å². The third-order valence-corrected chi connectivity index (χ3v) is 3.83. The zero-order valence-electron chi connectivity index (χ0n) is 11.6. The molecule has 2 N–H and O–H groups in total. The van der Waals surface area contributed by atoms with Crippen LogP contribution in [0.4, 0.5) is 10.1 Å². The molecular weight excluding hydrogens is 293 g/mol. The van der Waals surface area contributed by atoms with Gasteiger partial charge in [0, 0.05) is 28.1 Å². The molecule has 0 radical (unpaired) electrons. The maximum Gasteiger partial charge on any atom is 0.308 e. The number of hydrogen-bond acceptors (Lipinski definition) is 4. The monoisotopic (exact) mass is 309 g/mol. The van der Waals surface area contributed by atoms with Gasteiger partial charge in [0.25, 0.3) is 0 Å². The number of carbonyl (C=O) groups is 1. The van der Waals surface area contributed by atoms with E-state index in [1.807, 2.05) is 6.07 Å². The summed E-state index contributed by atoms with van der Waals surface area (Å²) in [6, 6.07) is 8.40. The summed E-state index contributed by atoms with van der Waals surface area (Å²) >= 11 is 1.43. The molecule has 0 aliphatic heterocycles. The van der Waals surface area contributed by atoms with Gasteiger partial charge < -0.3 is 15.2 Å². The molecule has 1 aromatic heterocycles. The summed E-state index contributed by atoms with van der Waals surface area (Å²) in [6.07, 6.45) is 0.0301. The Morgan fingerprint density at radius 1 is 1.33 bits per heavy atom. The second-order valence-electron chi connectivity index (χ2n) is 4.37. The summed E-state index contributed by atoms with van der Waals surface area (Å²) < 4.78 is 18.8. The molecule has 2 rings (SSSR count). The number of nitrogens with one attached hydrogen (secondary N) is 1. The van der Waals surface area contributed by atoms with Crippen molar-refractivity contribution in [2.75, 3.05) is 11.9 Å². The first-order chi connectivity index (χ1) is 10.1. The van der Waals surface area contributed by atoms with Gasteiger partial charge in [-0.05, 0) is 31.2 Å². The van der Waals surface area contributed by atoms with Gasteiger partial charge in [-0.2, -0.15) is 0 Å². The van der Waals surface area contributed by atoms with Gasteiger partial charge in [0.1, 0.15) is 0 Å². The van der Waals surface area contributed by atoms with Crippen LogP contribution in [0, 0.1) is 5.82 Å². The van der Waals surface area contributed by atoms with Crippen LogP contribution >= 0.6 is 11.3 Å². The number of benzene rings is 1. The summed E-state index contributed by atoms with van der Waals surface area (Å²) in [5, 5.41) is 11.8. The van der Waals surface area contributed by atoms with Crippen LogP contribution in [0.15, 0.2) is 30.3 Å². The van der Waals surface area contributed by atoms with Crippen LogP contribution in [0.3, 0.4) is 0 Å². The minimum Gasteiger partial charge on any atom is -0.491 e. The fourth-order valence-corrected chi connectivity index (χ4v) is 2.78. The van der Waals surface area contributed by atoms with Crippen molar-refractivity contribution in [2.24, 2.45) is 0 Å². The van der Waals surface area contributed by atoms with Crippen molar-refractivity contribution in [2.45, 2.75) is 19.9 Å². The summed E-state index contributed by atoms with van der Waals surface area (Å²) in [4.78, 5) is 12.4. The van der Waals surface area contributed by atoms with Gasteiger partial charge in [-0.25, -0.2) is 4.39 Å². The normalized spacial score (nSPS) is 10.4. The molecular formula is C15H16FNO3S. The van der Waals surface area contributed by atoms with Gasteiger partial charge >= 0.3 is 5.97 Å². The molecule has 0 spiro atoms. The Bertz CT molecular complexity index is 627. The lowest BCUT2D eigenvalue weighted by atomic mass is 10.3. The maximum absolute atomic E-state index is 13.7. The van der Waals surface area contributed by atoms with Crippen molar-refractivity contribution in [1.29, 1.82) is 0 Å². The molecule has 0 amide bonds. The predicted octanol–water partition coefficient (Wildman–Crippen LogP) is 3.53. The van der Waals surface area contributed by atoms with Crippen molar-refractivity contribution >= 4 is 23.0 Å². The first-order valence-corrected chi connectivity index (χ1v) is 7.35. The topological polar surface area (TPSA) is 58.6 Å². The molecule has 1 heterocycles. The van der Waals surface area contributed by atoms with E-state index in [0.29, 0.717) is 18.8 Å². The molecule has 0 atom stereocenters. The molecule has 21 heavy (non-hydrogen) atoms. The van der Waals surface area contributed by atoms with Gasteiger partial charge in [-0.1, -0.05) is 0 Å². The van der Waals surface area contributed by atoms with E-state index in [-0.39, 0.29) is 12.2 Å². The molecule has 4 nitrogen and oxygen atoms in total. The SMILES string of the molecule is CCOc1ccc(NCc2ccc(CC(=O)O)s2)cc1F. The van der Waals surface area contributed by atoms with Crippen molar-refractivity contribution in [1.82, 2.24) is 0 Å². The Labute approximate surface area is 126 Å². The van der Waals surface area contributed by atoms with Crippen LogP contribution in [0.2, 0.25) is 0 Å². The van der Waals surface area contributed by atoms with Crippen molar-refractivity contribution in [3.63, 3.8) is 0 Å². The van der Waals surface area contributed by atoms with Crippen molar-refractivity contribution < 1.29 is 19.0 Å². The first-order valence-electron chi connectivity index (χ1n) is 6.54. The summed E-state index contributed by atoms with van der Waals surface area (Å²) in [5.41, 5.74) is 0.657. The third kappa shape index (κ3) is 4.46. The van der Waals surface area contributed by atoms with Gasteiger partial charge in [0.2, 0.25) is 0 Å². The Hall–Kier alpha value is -2.08. The summed E-state index contributed by atoms with van der Waals surface area (Å²) in [5.74, 6) is -1.01. The van der Waals surface area contributed by atoms with E-state index >= 15 is 0 Å². The average Bonchev–Trinajstić information content (AvgIpc) is 2.86. The zero-order valence-corrected chi connectivity index (χ0v) is 12.4. The van der Waals surface area contributed by atoms with E-state index in [2.05, 4.69) is 5.32 Å². The highest BCUT2D eigenvalue weighted by molar-refractivity contribution is 7.12. The molecule has 0 aliphatic carbocycles. The predicted molar refractivity (Wildman–Crippen MR) is 80.6 cm³/mol. The van der Waals surface area contributed by atoms with Crippen molar-refractivity contribution in [3.8, 4) is 5.75 Å². The smallest absolute Gasteiger partial charge is 0.308 e. The molecule has 0 saturated carbocycles. The number of carboxylic acid groups (broad SMARTS) is 1.